The SMILES string of the molecule is CC(O)(CNC(=O)NCC(N)=O)C(=O)O. The van der Waals surface area contributed by atoms with Crippen molar-refractivity contribution in [1.29, 1.82) is 0 Å². The molecule has 0 heterocycles. The van der Waals surface area contributed by atoms with E-state index in [0.29, 0.717) is 0 Å². The van der Waals surface area contributed by atoms with Crippen LogP contribution < -0.4 is 16.4 Å². The Morgan fingerprint density at radius 3 is 2.27 bits per heavy atom. The van der Waals surface area contributed by atoms with E-state index in [0.717, 1.165) is 6.92 Å². The van der Waals surface area contributed by atoms with Crippen LogP contribution in [0.15, 0.2) is 0 Å². The predicted octanol–water partition coefficient (Wildman–Crippen LogP) is -2.39. The molecule has 15 heavy (non-hydrogen) atoms. The molecule has 3 amide bonds. The van der Waals surface area contributed by atoms with Gasteiger partial charge in [-0.05, 0) is 6.92 Å². The van der Waals surface area contributed by atoms with Gasteiger partial charge in [-0.2, -0.15) is 0 Å². The third kappa shape index (κ3) is 5.47. The molecule has 0 aromatic carbocycles. The van der Waals surface area contributed by atoms with Gasteiger partial charge in [-0.3, -0.25) is 4.79 Å². The third-order valence-corrected chi connectivity index (χ3v) is 1.48. The van der Waals surface area contributed by atoms with Crippen LogP contribution >= 0.6 is 0 Å². The lowest BCUT2D eigenvalue weighted by Gasteiger charge is -2.18. The van der Waals surface area contributed by atoms with E-state index < -0.39 is 30.1 Å². The highest BCUT2D eigenvalue weighted by molar-refractivity contribution is 5.83. The first-order valence-electron chi connectivity index (χ1n) is 4.01. The Morgan fingerprint density at radius 2 is 1.87 bits per heavy atom. The van der Waals surface area contributed by atoms with Crippen LogP contribution in [0.3, 0.4) is 0 Å². The van der Waals surface area contributed by atoms with Gasteiger partial charge in [-0.15, -0.1) is 0 Å². The summed E-state index contributed by atoms with van der Waals surface area (Å²) in [5.74, 6) is -2.19. The van der Waals surface area contributed by atoms with Crippen LogP contribution in [0.4, 0.5) is 4.79 Å². The van der Waals surface area contributed by atoms with Crippen molar-refractivity contribution in [2.75, 3.05) is 13.1 Å². The van der Waals surface area contributed by atoms with Crippen molar-refractivity contribution in [3.05, 3.63) is 0 Å². The highest BCUT2D eigenvalue weighted by Gasteiger charge is 2.30. The minimum Gasteiger partial charge on any atom is -0.479 e. The Morgan fingerprint density at radius 1 is 1.33 bits per heavy atom. The molecule has 0 saturated heterocycles. The molecule has 86 valence electrons. The number of urea groups is 1. The van der Waals surface area contributed by atoms with Crippen LogP contribution in [0.1, 0.15) is 6.92 Å². The van der Waals surface area contributed by atoms with Gasteiger partial charge >= 0.3 is 12.0 Å². The molecule has 0 aromatic rings. The molecule has 8 nitrogen and oxygen atoms in total. The van der Waals surface area contributed by atoms with E-state index in [1.807, 2.05) is 0 Å². The number of hydrogen-bond donors (Lipinski definition) is 5. The molecule has 0 radical (unpaired) electrons. The number of rotatable bonds is 5. The molecule has 0 rings (SSSR count). The minimum atomic E-state index is -2.05. The Balaban J connectivity index is 3.90. The lowest BCUT2D eigenvalue weighted by molar-refractivity contribution is -0.155. The van der Waals surface area contributed by atoms with Gasteiger partial charge < -0.3 is 26.6 Å². The number of hydrogen-bond acceptors (Lipinski definition) is 4. The zero-order valence-electron chi connectivity index (χ0n) is 8.11. The van der Waals surface area contributed by atoms with Crippen molar-refractivity contribution in [1.82, 2.24) is 10.6 Å². The van der Waals surface area contributed by atoms with E-state index in [2.05, 4.69) is 10.6 Å². The van der Waals surface area contributed by atoms with Gasteiger partial charge in [0.25, 0.3) is 0 Å². The zero-order valence-corrected chi connectivity index (χ0v) is 8.11. The lowest BCUT2D eigenvalue weighted by Crippen LogP contribution is -2.50. The number of carbonyl (C=O) groups excluding carboxylic acids is 2. The van der Waals surface area contributed by atoms with E-state index in [9.17, 15) is 19.5 Å². The molecule has 0 aromatic heterocycles. The van der Waals surface area contributed by atoms with Crippen LogP contribution in [0.5, 0.6) is 0 Å². The maximum Gasteiger partial charge on any atom is 0.337 e. The molecule has 0 saturated carbocycles. The number of aliphatic carboxylic acids is 1. The Bertz CT molecular complexity index is 276. The second-order valence-electron chi connectivity index (χ2n) is 3.08. The molecule has 0 aliphatic carbocycles. The van der Waals surface area contributed by atoms with Gasteiger partial charge in [0.2, 0.25) is 5.91 Å². The highest BCUT2D eigenvalue weighted by Crippen LogP contribution is 2.00. The maximum absolute atomic E-state index is 10.9. The molecular weight excluding hydrogens is 206 g/mol. The molecule has 0 bridgehead atoms. The second kappa shape index (κ2) is 5.15. The first kappa shape index (κ1) is 13.2. The molecule has 1 atom stereocenters. The van der Waals surface area contributed by atoms with Crippen LogP contribution in [0.2, 0.25) is 0 Å². The highest BCUT2D eigenvalue weighted by atomic mass is 16.4. The number of primary amides is 1. The quantitative estimate of drug-likeness (QED) is 0.350. The van der Waals surface area contributed by atoms with Crippen LogP contribution in [0.25, 0.3) is 0 Å². The summed E-state index contributed by atoms with van der Waals surface area (Å²) in [5, 5.41) is 21.8. The molecule has 0 aliphatic rings. The first-order chi connectivity index (χ1) is 6.75. The number of carboxylic acid groups (broad SMARTS) is 1. The zero-order chi connectivity index (χ0) is 12.1. The van der Waals surface area contributed by atoms with Crippen LogP contribution in [-0.4, -0.2) is 46.8 Å². The summed E-state index contributed by atoms with van der Waals surface area (Å²) in [6.07, 6.45) is 0. The summed E-state index contributed by atoms with van der Waals surface area (Å²) in [6, 6.07) is -0.782. The predicted molar refractivity (Wildman–Crippen MR) is 48.9 cm³/mol. The number of aliphatic hydroxyl groups is 1. The van der Waals surface area contributed by atoms with E-state index >= 15 is 0 Å². The Kier molecular flexibility index (Phi) is 4.52. The number of nitrogens with one attached hydrogen (secondary N) is 2. The fourth-order valence-corrected chi connectivity index (χ4v) is 0.558. The number of carboxylic acids is 1. The topological polar surface area (TPSA) is 142 Å². The van der Waals surface area contributed by atoms with Gasteiger partial charge in [0.05, 0.1) is 13.1 Å². The normalized spacial score (nSPS) is 13.7. The number of carbonyl (C=O) groups is 3. The van der Waals surface area contributed by atoms with Crippen LogP contribution in [0, 0.1) is 0 Å². The van der Waals surface area contributed by atoms with Crippen molar-refractivity contribution < 1.29 is 24.6 Å². The molecule has 0 aliphatic heterocycles. The summed E-state index contributed by atoms with van der Waals surface area (Å²) in [5.41, 5.74) is 2.69. The Hall–Kier alpha value is -1.83. The molecule has 8 heteroatoms. The number of amides is 3. The van der Waals surface area contributed by atoms with E-state index in [-0.39, 0.29) is 6.54 Å². The molecule has 0 spiro atoms. The smallest absolute Gasteiger partial charge is 0.337 e. The second-order valence-corrected chi connectivity index (χ2v) is 3.08. The van der Waals surface area contributed by atoms with Crippen molar-refractivity contribution in [2.24, 2.45) is 5.73 Å². The summed E-state index contributed by atoms with van der Waals surface area (Å²) >= 11 is 0. The third-order valence-electron chi connectivity index (χ3n) is 1.48. The molecule has 6 N–H and O–H groups in total. The summed E-state index contributed by atoms with van der Waals surface area (Å²) < 4.78 is 0. The maximum atomic E-state index is 10.9. The van der Waals surface area contributed by atoms with Gasteiger partial charge in [0.15, 0.2) is 5.60 Å². The average molecular weight is 219 g/mol. The fraction of sp³-hybridized carbons (Fsp3) is 0.571. The van der Waals surface area contributed by atoms with Gasteiger partial charge in [0, 0.05) is 0 Å². The van der Waals surface area contributed by atoms with E-state index in [1.165, 1.54) is 0 Å². The molecular formula is C7H13N3O5. The summed E-state index contributed by atoms with van der Waals surface area (Å²) in [7, 11) is 0. The minimum absolute atomic E-state index is 0.360. The number of nitrogens with two attached hydrogens (primary N) is 1. The lowest BCUT2D eigenvalue weighted by atomic mass is 10.1. The van der Waals surface area contributed by atoms with Gasteiger partial charge in [0.1, 0.15) is 0 Å². The van der Waals surface area contributed by atoms with E-state index in [1.54, 1.807) is 0 Å². The van der Waals surface area contributed by atoms with Crippen molar-refractivity contribution >= 4 is 17.9 Å². The van der Waals surface area contributed by atoms with Gasteiger partial charge in [-0.25, -0.2) is 9.59 Å². The van der Waals surface area contributed by atoms with E-state index in [4.69, 9.17) is 10.8 Å². The summed E-state index contributed by atoms with van der Waals surface area (Å²) in [6.45, 7) is 0.192. The standard InChI is InChI=1S/C7H13N3O5/c1-7(15,5(12)13)3-10-6(14)9-2-4(8)11/h15H,2-3H2,1H3,(H2,8,11)(H,12,13)(H2,9,10,14). The van der Waals surface area contributed by atoms with Crippen molar-refractivity contribution in [3.63, 3.8) is 0 Å². The molecule has 1 unspecified atom stereocenters. The van der Waals surface area contributed by atoms with Gasteiger partial charge in [-0.1, -0.05) is 0 Å². The first-order valence-corrected chi connectivity index (χ1v) is 4.01. The molecule has 0 fully saturated rings. The average Bonchev–Trinajstić information content (AvgIpc) is 2.11. The van der Waals surface area contributed by atoms with Crippen molar-refractivity contribution in [3.8, 4) is 0 Å². The largest absolute Gasteiger partial charge is 0.479 e. The fourth-order valence-electron chi connectivity index (χ4n) is 0.558. The summed E-state index contributed by atoms with van der Waals surface area (Å²) in [4.78, 5) is 31.5. The van der Waals surface area contributed by atoms with Crippen molar-refractivity contribution in [2.45, 2.75) is 12.5 Å². The Labute approximate surface area is 85.4 Å². The monoisotopic (exact) mass is 219 g/mol. The van der Waals surface area contributed by atoms with Crippen LogP contribution in [-0.2, 0) is 9.59 Å².